The van der Waals surface area contributed by atoms with Crippen LogP contribution in [0.1, 0.15) is 69.2 Å². The van der Waals surface area contributed by atoms with Gasteiger partial charge in [-0.05, 0) is 85.5 Å². The van der Waals surface area contributed by atoms with Crippen molar-refractivity contribution in [1.82, 2.24) is 25.3 Å². The van der Waals surface area contributed by atoms with E-state index in [0.717, 1.165) is 28.7 Å². The summed E-state index contributed by atoms with van der Waals surface area (Å²) in [6, 6.07) is 13.1. The lowest BCUT2D eigenvalue weighted by Crippen LogP contribution is -2.50. The first-order valence-electron chi connectivity index (χ1n) is 14.8. The molecule has 0 aromatic heterocycles. The van der Waals surface area contributed by atoms with E-state index in [-0.39, 0.29) is 36.3 Å². The van der Waals surface area contributed by atoms with Crippen molar-refractivity contribution in [1.29, 1.82) is 10.7 Å². The number of hydrogen-bond acceptors (Lipinski definition) is 6. The highest BCUT2D eigenvalue weighted by molar-refractivity contribution is 5.98. The van der Waals surface area contributed by atoms with Crippen molar-refractivity contribution in [2.45, 2.75) is 56.5 Å². The van der Waals surface area contributed by atoms with Gasteiger partial charge in [0.1, 0.15) is 11.9 Å². The fourth-order valence-electron chi connectivity index (χ4n) is 6.53. The van der Waals surface area contributed by atoms with Gasteiger partial charge < -0.3 is 25.3 Å². The highest BCUT2D eigenvalue weighted by Crippen LogP contribution is 2.44. The van der Waals surface area contributed by atoms with Crippen molar-refractivity contribution in [3.63, 3.8) is 0 Å². The Morgan fingerprint density at radius 1 is 1.02 bits per heavy atom. The van der Waals surface area contributed by atoms with Gasteiger partial charge in [0.2, 0.25) is 5.91 Å². The Labute approximate surface area is 254 Å². The van der Waals surface area contributed by atoms with E-state index in [1.54, 1.807) is 49.9 Å². The Kier molecular flexibility index (Phi) is 9.55. The van der Waals surface area contributed by atoms with Gasteiger partial charge in [0.15, 0.2) is 0 Å². The summed E-state index contributed by atoms with van der Waals surface area (Å²) in [5, 5.41) is 25.3. The highest BCUT2D eigenvalue weighted by Gasteiger charge is 2.44. The third-order valence-electron chi connectivity index (χ3n) is 8.71. The second-order valence-corrected chi connectivity index (χ2v) is 12.0. The molecule has 4 rings (SSSR count). The molecule has 2 aromatic carbocycles. The fourth-order valence-corrected chi connectivity index (χ4v) is 6.53. The molecule has 2 aromatic rings. The third-order valence-corrected chi connectivity index (χ3v) is 8.71. The van der Waals surface area contributed by atoms with E-state index in [1.807, 2.05) is 43.3 Å². The van der Waals surface area contributed by atoms with E-state index < -0.39 is 5.41 Å². The molecule has 0 saturated carbocycles. The minimum atomic E-state index is -0.937. The number of carbonyl (C=O) groups excluding carboxylic acids is 3. The van der Waals surface area contributed by atoms with E-state index >= 15 is 0 Å². The molecule has 1 fully saturated rings. The summed E-state index contributed by atoms with van der Waals surface area (Å²) in [6.45, 7) is 2.68. The maximum Gasteiger partial charge on any atom is 0.253 e. The van der Waals surface area contributed by atoms with Crippen molar-refractivity contribution >= 4 is 23.6 Å². The van der Waals surface area contributed by atoms with Crippen molar-refractivity contribution in [2.75, 3.05) is 48.3 Å². The van der Waals surface area contributed by atoms with Crippen LogP contribution in [0.15, 0.2) is 36.4 Å². The molecule has 3 amide bonds. The summed E-state index contributed by atoms with van der Waals surface area (Å²) in [7, 11) is 8.64. The first kappa shape index (κ1) is 31.7. The number of hydrogen-bond donors (Lipinski definition) is 3. The summed E-state index contributed by atoms with van der Waals surface area (Å²) in [5.41, 5.74) is 4.03. The van der Waals surface area contributed by atoms with Crippen LogP contribution in [0.2, 0.25) is 0 Å². The minimum absolute atomic E-state index is 0.0918. The topological polar surface area (TPSA) is 133 Å². The summed E-state index contributed by atoms with van der Waals surface area (Å²) < 4.78 is 0. The van der Waals surface area contributed by atoms with Crippen LogP contribution in [0.3, 0.4) is 0 Å². The van der Waals surface area contributed by atoms with Crippen molar-refractivity contribution in [3.05, 3.63) is 69.8 Å². The van der Waals surface area contributed by atoms with Gasteiger partial charge in [-0.2, -0.15) is 5.26 Å². The Hall–Kier alpha value is -4.23. The van der Waals surface area contributed by atoms with Gasteiger partial charge in [0.25, 0.3) is 11.8 Å². The quantitative estimate of drug-likeness (QED) is 0.322. The van der Waals surface area contributed by atoms with Gasteiger partial charge >= 0.3 is 0 Å². The maximum atomic E-state index is 13.0. The number of likely N-dealkylation sites (N-methyl/N-ethyl adjacent to an activating group) is 1. The number of carbonyl (C=O) groups is 3. The van der Waals surface area contributed by atoms with Crippen molar-refractivity contribution in [2.24, 2.45) is 0 Å². The van der Waals surface area contributed by atoms with Crippen LogP contribution in [0.4, 0.5) is 0 Å². The summed E-state index contributed by atoms with van der Waals surface area (Å²) >= 11 is 0. The van der Waals surface area contributed by atoms with Gasteiger partial charge in [-0.15, -0.1) is 0 Å². The van der Waals surface area contributed by atoms with E-state index in [2.05, 4.69) is 16.7 Å². The average molecular weight is 586 g/mol. The number of amides is 3. The summed E-state index contributed by atoms with van der Waals surface area (Å²) in [5.74, 6) is 0.000955. The van der Waals surface area contributed by atoms with Crippen LogP contribution in [0, 0.1) is 16.7 Å². The van der Waals surface area contributed by atoms with E-state index in [4.69, 9.17) is 0 Å². The fraction of sp³-hybridized carbons (Fsp3) is 0.485. The Morgan fingerprint density at radius 2 is 1.56 bits per heavy atom. The third kappa shape index (κ3) is 6.13. The van der Waals surface area contributed by atoms with Crippen molar-refractivity contribution < 1.29 is 14.4 Å². The van der Waals surface area contributed by atoms with Crippen molar-refractivity contribution in [3.8, 4) is 6.07 Å². The molecule has 1 aliphatic heterocycles. The normalized spacial score (nSPS) is 17.5. The van der Waals surface area contributed by atoms with Gasteiger partial charge in [-0.3, -0.25) is 19.8 Å². The van der Waals surface area contributed by atoms with E-state index in [1.165, 1.54) is 0 Å². The second kappa shape index (κ2) is 13.0. The van der Waals surface area contributed by atoms with Crippen LogP contribution in [-0.2, 0) is 23.1 Å². The highest BCUT2D eigenvalue weighted by atomic mass is 16.2. The average Bonchev–Trinajstić information content (AvgIpc) is 3.44. The molecule has 0 unspecified atom stereocenters. The number of amidine groups is 1. The number of aryl methyl sites for hydroxylation is 2. The molecule has 2 atom stereocenters. The Morgan fingerprint density at radius 3 is 2.02 bits per heavy atom. The van der Waals surface area contributed by atoms with Gasteiger partial charge in [0.05, 0.1) is 18.0 Å². The first-order valence-corrected chi connectivity index (χ1v) is 14.8. The molecule has 228 valence electrons. The standard InChI is InChI=1S/C33H43N7O3/c1-21(37-20-29(41)40-15-7-8-26(40)19-34)18-33(32(35)36-2)27-13-11-24(30(42)38(3)4)16-22(27)9-10-23-17-25(12-14-28(23)33)31(43)39(5)6/h11-14,16-17,21,26,37H,7-10,15,18,20H2,1-6H3,(H2,35,36)/t21-,26-/m0/s1. The molecular formula is C33H43N7O3. The lowest BCUT2D eigenvalue weighted by molar-refractivity contribution is -0.130. The second-order valence-electron chi connectivity index (χ2n) is 12.0. The molecule has 0 spiro atoms. The monoisotopic (exact) mass is 585 g/mol. The zero-order valence-electron chi connectivity index (χ0n) is 26.1. The Balaban J connectivity index is 1.80. The molecule has 1 aliphatic carbocycles. The van der Waals surface area contributed by atoms with Gasteiger partial charge in [0, 0.05) is 59.0 Å². The molecular weight excluding hydrogens is 542 g/mol. The molecule has 1 saturated heterocycles. The van der Waals surface area contributed by atoms with Gasteiger partial charge in [-0.25, -0.2) is 0 Å². The lowest BCUT2D eigenvalue weighted by Gasteiger charge is -2.39. The zero-order valence-corrected chi connectivity index (χ0v) is 26.1. The smallest absolute Gasteiger partial charge is 0.253 e. The molecule has 0 bridgehead atoms. The molecule has 0 radical (unpaired) electrons. The van der Waals surface area contributed by atoms with Crippen LogP contribution in [0.25, 0.3) is 0 Å². The number of nitriles is 1. The summed E-state index contributed by atoms with van der Waals surface area (Å²) in [6.07, 6.45) is 3.25. The SMILES string of the molecule is CNC(=N)C1(C[C@H](C)NCC(=O)N2CCC[C@H]2C#N)c2ccc(C(=O)N(C)C)cc2CCc2cc(C(=O)N(C)C)ccc21. The molecule has 2 aliphatic rings. The number of fused-ring (bicyclic) bond motifs is 2. The molecule has 10 nitrogen and oxygen atoms in total. The zero-order chi connectivity index (χ0) is 31.5. The van der Waals surface area contributed by atoms with E-state index in [0.29, 0.717) is 49.2 Å². The number of likely N-dealkylation sites (tertiary alicyclic amines) is 1. The molecule has 10 heteroatoms. The van der Waals surface area contributed by atoms with E-state index in [9.17, 15) is 25.1 Å². The minimum Gasteiger partial charge on any atom is -0.376 e. The Bertz CT molecular complexity index is 1390. The maximum absolute atomic E-state index is 13.0. The largest absolute Gasteiger partial charge is 0.376 e. The first-order chi connectivity index (χ1) is 20.4. The predicted molar refractivity (Wildman–Crippen MR) is 166 cm³/mol. The number of nitrogens with one attached hydrogen (secondary N) is 3. The van der Waals surface area contributed by atoms with Crippen LogP contribution in [-0.4, -0.2) is 98.7 Å². The summed E-state index contributed by atoms with van der Waals surface area (Å²) in [4.78, 5) is 43.6. The van der Waals surface area contributed by atoms with Gasteiger partial charge in [-0.1, -0.05) is 12.1 Å². The van der Waals surface area contributed by atoms with Crippen LogP contribution >= 0.6 is 0 Å². The predicted octanol–water partition coefficient (Wildman–Crippen LogP) is 2.55. The number of nitrogens with zero attached hydrogens (tertiary/aromatic N) is 4. The number of benzene rings is 2. The molecule has 43 heavy (non-hydrogen) atoms. The molecule has 3 N–H and O–H groups in total. The molecule has 1 heterocycles. The number of rotatable bonds is 8. The lowest BCUT2D eigenvalue weighted by atomic mass is 9.67. The van der Waals surface area contributed by atoms with Crippen LogP contribution < -0.4 is 10.6 Å². The van der Waals surface area contributed by atoms with Crippen LogP contribution in [0.5, 0.6) is 0 Å².